The van der Waals surface area contributed by atoms with Crippen LogP contribution in [0.1, 0.15) is 11.1 Å². The zero-order chi connectivity index (χ0) is 13.7. The summed E-state index contributed by atoms with van der Waals surface area (Å²) in [4.78, 5) is 0. The number of aryl methyl sites for hydroxylation is 1. The van der Waals surface area contributed by atoms with Crippen LogP contribution in [0.5, 0.6) is 0 Å². The summed E-state index contributed by atoms with van der Waals surface area (Å²) in [6.45, 7) is 1.98. The molecule has 19 heavy (non-hydrogen) atoms. The van der Waals surface area contributed by atoms with Gasteiger partial charge in [0.2, 0.25) is 0 Å². The average molecular weight is 387 g/mol. The van der Waals surface area contributed by atoms with Crippen LogP contribution in [0.4, 0.5) is 0 Å². The van der Waals surface area contributed by atoms with Gasteiger partial charge in [0.05, 0.1) is 5.75 Å². The van der Waals surface area contributed by atoms with Crippen LogP contribution in [0.15, 0.2) is 57.1 Å². The van der Waals surface area contributed by atoms with Crippen molar-refractivity contribution < 1.29 is 8.42 Å². The number of sulfonamides is 1. The molecule has 2 aromatic rings. The summed E-state index contributed by atoms with van der Waals surface area (Å²) >= 11 is -0.831. The molecule has 0 aliphatic heterocycles. The van der Waals surface area contributed by atoms with Crippen LogP contribution >= 0.6 is 21.0 Å². The van der Waals surface area contributed by atoms with Crippen molar-refractivity contribution in [3.63, 3.8) is 0 Å². The lowest BCUT2D eigenvalue weighted by molar-refractivity contribution is 0.598. The van der Waals surface area contributed by atoms with Crippen LogP contribution in [-0.4, -0.2) is 8.42 Å². The molecule has 0 aliphatic rings. The molecular weight excluding hydrogens is 373 g/mol. The van der Waals surface area contributed by atoms with E-state index < -0.39 is 31.1 Å². The van der Waals surface area contributed by atoms with Crippen molar-refractivity contribution in [2.75, 3.05) is 0 Å². The van der Waals surface area contributed by atoms with Crippen molar-refractivity contribution in [2.24, 2.45) is 2.55 Å². The molecule has 0 unspecified atom stereocenters. The fraction of sp³-hybridized carbons (Fsp3) is 0.143. The molecule has 0 atom stereocenters. The van der Waals surface area contributed by atoms with Crippen molar-refractivity contribution in [1.82, 2.24) is 0 Å². The van der Waals surface area contributed by atoms with Gasteiger partial charge in [-0.3, -0.25) is 0 Å². The minimum Gasteiger partial charge on any atom is -0.204 e. The molecule has 5 heteroatoms. The number of halogens is 1. The Morgan fingerprint density at radius 1 is 1.00 bits per heavy atom. The second kappa shape index (κ2) is 6.38. The first-order valence-corrected chi connectivity index (χ1v) is 9.40. The second-order valence-electron chi connectivity index (χ2n) is 4.16. The summed E-state index contributed by atoms with van der Waals surface area (Å²) in [6, 6.07) is 17.0. The summed E-state index contributed by atoms with van der Waals surface area (Å²) in [5, 5.41) is 0. The van der Waals surface area contributed by atoms with E-state index >= 15 is 0 Å². The van der Waals surface area contributed by atoms with E-state index in [9.17, 15) is 8.42 Å². The highest BCUT2D eigenvalue weighted by Crippen LogP contribution is 2.18. The topological polar surface area (TPSA) is 46.5 Å². The van der Waals surface area contributed by atoms with E-state index in [2.05, 4.69) is 2.55 Å². The molecule has 0 saturated heterocycles. The van der Waals surface area contributed by atoms with Gasteiger partial charge in [0, 0.05) is 24.6 Å². The highest BCUT2D eigenvalue weighted by Gasteiger charge is 2.09. The summed E-state index contributed by atoms with van der Waals surface area (Å²) < 4.78 is 28.8. The Morgan fingerprint density at radius 2 is 1.63 bits per heavy atom. The number of rotatable bonds is 4. The minimum atomic E-state index is -3.37. The van der Waals surface area contributed by atoms with Crippen molar-refractivity contribution in [1.29, 1.82) is 0 Å². The molecule has 0 fully saturated rings. The van der Waals surface area contributed by atoms with Crippen LogP contribution < -0.4 is 0 Å². The van der Waals surface area contributed by atoms with Crippen molar-refractivity contribution in [3.8, 4) is 0 Å². The standard InChI is InChI=1S/C14H14INO2S/c1-12-7-9-13(10-8-12)11-19(17,18)16-15-14-5-3-2-4-6-14/h2-10H,11H2,1H3. The third-order valence-corrected chi connectivity index (χ3v) is 7.08. The maximum atomic E-state index is 11.9. The molecule has 0 amide bonds. The summed E-state index contributed by atoms with van der Waals surface area (Å²) in [5.41, 5.74) is 1.90. The fourth-order valence-corrected chi connectivity index (χ4v) is 5.07. The molecule has 0 N–H and O–H groups in total. The molecule has 100 valence electrons. The molecule has 2 aromatic carbocycles. The predicted molar refractivity (Wildman–Crippen MR) is 85.4 cm³/mol. The smallest absolute Gasteiger partial charge is 0.204 e. The molecule has 0 spiro atoms. The number of hydrogen-bond acceptors (Lipinski definition) is 2. The van der Waals surface area contributed by atoms with Crippen LogP contribution in [0, 0.1) is 10.5 Å². The largest absolute Gasteiger partial charge is 0.261 e. The van der Waals surface area contributed by atoms with Gasteiger partial charge in [-0.25, -0.2) is 8.42 Å². The van der Waals surface area contributed by atoms with Gasteiger partial charge in [-0.05, 0) is 24.6 Å². The zero-order valence-electron chi connectivity index (χ0n) is 10.5. The van der Waals surface area contributed by atoms with E-state index in [-0.39, 0.29) is 5.75 Å². The SMILES string of the molecule is Cc1ccc(CS(=O)(=O)N=Ic2ccccc2)cc1. The lowest BCUT2D eigenvalue weighted by Crippen LogP contribution is -1.98. The van der Waals surface area contributed by atoms with E-state index in [0.29, 0.717) is 0 Å². The molecular formula is C14H14INO2S. The van der Waals surface area contributed by atoms with Crippen LogP contribution in [0.25, 0.3) is 0 Å². The Kier molecular flexibility index (Phi) is 4.81. The van der Waals surface area contributed by atoms with E-state index in [4.69, 9.17) is 0 Å². The number of nitrogens with zero attached hydrogens (tertiary/aromatic N) is 1. The van der Waals surface area contributed by atoms with Crippen LogP contribution in [-0.2, 0) is 15.8 Å². The Bertz CT molecular complexity index is 664. The highest BCUT2D eigenvalue weighted by atomic mass is 127. The van der Waals surface area contributed by atoms with E-state index in [1.807, 2.05) is 61.5 Å². The van der Waals surface area contributed by atoms with Crippen molar-refractivity contribution >= 4 is 31.1 Å². The first-order valence-electron chi connectivity index (χ1n) is 5.75. The first-order chi connectivity index (χ1) is 9.05. The van der Waals surface area contributed by atoms with Gasteiger partial charge in [-0.2, -0.15) is 0 Å². The fourth-order valence-electron chi connectivity index (χ4n) is 1.48. The summed E-state index contributed by atoms with van der Waals surface area (Å²) in [7, 11) is -3.37. The van der Waals surface area contributed by atoms with Crippen molar-refractivity contribution in [2.45, 2.75) is 12.7 Å². The normalized spacial score (nSPS) is 12.3. The molecule has 0 aromatic heterocycles. The maximum absolute atomic E-state index is 11.9. The Balaban J connectivity index is 2.11. The molecule has 0 bridgehead atoms. The lowest BCUT2D eigenvalue weighted by atomic mass is 10.2. The Hall–Kier alpha value is -1.08. The molecule has 0 radical (unpaired) electrons. The molecule has 0 saturated carbocycles. The van der Waals surface area contributed by atoms with Gasteiger partial charge in [0.1, 0.15) is 0 Å². The molecule has 3 nitrogen and oxygen atoms in total. The molecule has 0 heterocycles. The van der Waals surface area contributed by atoms with Gasteiger partial charge >= 0.3 is 0 Å². The predicted octanol–water partition coefficient (Wildman–Crippen LogP) is 3.85. The van der Waals surface area contributed by atoms with Gasteiger partial charge in [-0.15, -0.1) is 2.55 Å². The summed E-state index contributed by atoms with van der Waals surface area (Å²) in [6.07, 6.45) is 0. The molecule has 0 aliphatic carbocycles. The first kappa shape index (κ1) is 14.3. The van der Waals surface area contributed by atoms with Crippen LogP contribution in [0.3, 0.4) is 0 Å². The quantitative estimate of drug-likeness (QED) is 0.749. The number of hydrogen-bond donors (Lipinski definition) is 0. The monoisotopic (exact) mass is 387 g/mol. The van der Waals surface area contributed by atoms with E-state index in [1.165, 1.54) is 0 Å². The summed E-state index contributed by atoms with van der Waals surface area (Å²) in [5.74, 6) is -0.0141. The zero-order valence-corrected chi connectivity index (χ0v) is 13.4. The van der Waals surface area contributed by atoms with Crippen molar-refractivity contribution in [3.05, 3.63) is 69.3 Å². The lowest BCUT2D eigenvalue weighted by Gasteiger charge is -2.00. The van der Waals surface area contributed by atoms with Gasteiger partial charge < -0.3 is 0 Å². The third kappa shape index (κ3) is 4.83. The number of benzene rings is 2. The maximum Gasteiger partial charge on any atom is 0.261 e. The van der Waals surface area contributed by atoms with Crippen LogP contribution in [0.2, 0.25) is 0 Å². The van der Waals surface area contributed by atoms with Gasteiger partial charge in [0.25, 0.3) is 10.0 Å². The molecule has 2 rings (SSSR count). The Labute approximate surface area is 123 Å². The second-order valence-corrected chi connectivity index (χ2v) is 8.66. The Morgan fingerprint density at radius 3 is 2.26 bits per heavy atom. The third-order valence-electron chi connectivity index (χ3n) is 2.44. The highest BCUT2D eigenvalue weighted by molar-refractivity contribution is 14.2. The van der Waals surface area contributed by atoms with Gasteiger partial charge in [0.15, 0.2) is 0 Å². The van der Waals surface area contributed by atoms with Gasteiger partial charge in [-0.1, -0.05) is 48.0 Å². The minimum absolute atomic E-state index is 0.0141. The van der Waals surface area contributed by atoms with E-state index in [0.717, 1.165) is 14.7 Å². The van der Waals surface area contributed by atoms with E-state index in [1.54, 1.807) is 0 Å². The average Bonchev–Trinajstić information content (AvgIpc) is 2.40.